The van der Waals surface area contributed by atoms with Crippen LogP contribution in [0.5, 0.6) is 0 Å². The first-order valence-corrected chi connectivity index (χ1v) is 10.9. The van der Waals surface area contributed by atoms with Crippen LogP contribution in [-0.4, -0.2) is 5.54 Å². The van der Waals surface area contributed by atoms with Gasteiger partial charge in [0.05, 0.1) is 0 Å². The SMILES string of the molecule is CC.CC/C=C\c1ccc2cc1NC(C)(C)CC(C)C2.Cc1cccc(C)c1. The molecule has 0 fully saturated rings. The van der Waals surface area contributed by atoms with Gasteiger partial charge in [-0.1, -0.05) is 87.4 Å². The quantitative estimate of drug-likeness (QED) is 0.554. The molecule has 2 aromatic carbocycles. The standard InChI is InChI=1S/C17H25N.C8H10.C2H6/c1-5-6-7-15-9-8-14-10-13(2)12-17(3,4)18-16(15)11-14;1-7-4-3-5-8(2)6-7;1-2/h6-9,11,13,18H,5,10,12H2,1-4H3;3-6H,1-2H3;1-2H3/b7-6-;;. The molecule has 1 atom stereocenters. The lowest BCUT2D eigenvalue weighted by Gasteiger charge is -2.33. The van der Waals surface area contributed by atoms with Crippen molar-refractivity contribution in [2.24, 2.45) is 5.92 Å². The summed E-state index contributed by atoms with van der Waals surface area (Å²) in [5.41, 5.74) is 6.90. The third-order valence-electron chi connectivity index (χ3n) is 4.74. The van der Waals surface area contributed by atoms with E-state index in [0.29, 0.717) is 0 Å². The average Bonchev–Trinajstić information content (AvgIpc) is 2.61. The van der Waals surface area contributed by atoms with Crippen LogP contribution in [0.2, 0.25) is 0 Å². The highest BCUT2D eigenvalue weighted by Crippen LogP contribution is 2.31. The van der Waals surface area contributed by atoms with Crippen molar-refractivity contribution in [3.05, 3.63) is 70.8 Å². The minimum atomic E-state index is 0.174. The fourth-order valence-corrected chi connectivity index (χ4v) is 3.80. The lowest BCUT2D eigenvalue weighted by molar-refractivity contribution is 0.400. The van der Waals surface area contributed by atoms with Crippen molar-refractivity contribution in [1.82, 2.24) is 0 Å². The Hall–Kier alpha value is -2.02. The second-order valence-corrected chi connectivity index (χ2v) is 8.41. The van der Waals surface area contributed by atoms with Crippen molar-refractivity contribution < 1.29 is 0 Å². The van der Waals surface area contributed by atoms with Crippen LogP contribution < -0.4 is 5.32 Å². The van der Waals surface area contributed by atoms with Crippen LogP contribution in [-0.2, 0) is 6.42 Å². The Balaban J connectivity index is 0.000000327. The van der Waals surface area contributed by atoms with Crippen molar-refractivity contribution in [2.45, 2.75) is 80.2 Å². The summed E-state index contributed by atoms with van der Waals surface area (Å²) in [6.07, 6.45) is 7.94. The number of allylic oxidation sites excluding steroid dienone is 1. The molecule has 154 valence electrons. The summed E-state index contributed by atoms with van der Waals surface area (Å²) >= 11 is 0. The fourth-order valence-electron chi connectivity index (χ4n) is 3.80. The van der Waals surface area contributed by atoms with Crippen LogP contribution >= 0.6 is 0 Å². The third kappa shape index (κ3) is 8.33. The molecule has 1 heterocycles. The molecule has 3 rings (SSSR count). The molecule has 0 aliphatic carbocycles. The van der Waals surface area contributed by atoms with Gasteiger partial charge in [0.2, 0.25) is 0 Å². The van der Waals surface area contributed by atoms with Gasteiger partial charge in [-0.3, -0.25) is 0 Å². The highest BCUT2D eigenvalue weighted by atomic mass is 15.0. The minimum absolute atomic E-state index is 0.174. The maximum atomic E-state index is 3.72. The van der Waals surface area contributed by atoms with E-state index in [-0.39, 0.29) is 5.54 Å². The van der Waals surface area contributed by atoms with E-state index in [1.165, 1.54) is 40.8 Å². The van der Waals surface area contributed by atoms with Crippen LogP contribution in [0.3, 0.4) is 0 Å². The monoisotopic (exact) mass is 379 g/mol. The van der Waals surface area contributed by atoms with Gasteiger partial charge in [-0.25, -0.2) is 0 Å². The molecule has 0 spiro atoms. The van der Waals surface area contributed by atoms with E-state index >= 15 is 0 Å². The molecule has 1 aliphatic rings. The van der Waals surface area contributed by atoms with E-state index < -0.39 is 0 Å². The summed E-state index contributed by atoms with van der Waals surface area (Å²) in [6.45, 7) is 17.3. The number of hydrogen-bond acceptors (Lipinski definition) is 1. The van der Waals surface area contributed by atoms with E-state index in [9.17, 15) is 0 Å². The Morgan fingerprint density at radius 1 is 1.04 bits per heavy atom. The van der Waals surface area contributed by atoms with Gasteiger partial charge in [0.1, 0.15) is 0 Å². The normalized spacial score (nSPS) is 17.2. The number of nitrogens with one attached hydrogen (secondary N) is 1. The Morgan fingerprint density at radius 2 is 1.68 bits per heavy atom. The number of fused-ring (bicyclic) bond motifs is 2. The molecule has 0 radical (unpaired) electrons. The Kier molecular flexibility index (Phi) is 10.1. The molecule has 2 bridgehead atoms. The lowest BCUT2D eigenvalue weighted by Crippen LogP contribution is -2.34. The summed E-state index contributed by atoms with van der Waals surface area (Å²) in [4.78, 5) is 0. The summed E-state index contributed by atoms with van der Waals surface area (Å²) in [5.74, 6) is 0.734. The van der Waals surface area contributed by atoms with Crippen LogP contribution in [0.25, 0.3) is 6.08 Å². The maximum Gasteiger partial charge on any atom is 0.0420 e. The number of hydrogen-bond donors (Lipinski definition) is 1. The topological polar surface area (TPSA) is 12.0 Å². The molecule has 2 aromatic rings. The zero-order valence-corrected chi connectivity index (χ0v) is 19.4. The molecular formula is C27H41N. The zero-order chi connectivity index (χ0) is 21.2. The average molecular weight is 380 g/mol. The third-order valence-corrected chi connectivity index (χ3v) is 4.74. The smallest absolute Gasteiger partial charge is 0.0420 e. The lowest BCUT2D eigenvalue weighted by atomic mass is 9.85. The van der Waals surface area contributed by atoms with Gasteiger partial charge in [0.25, 0.3) is 0 Å². The van der Waals surface area contributed by atoms with Crippen molar-refractivity contribution in [3.8, 4) is 0 Å². The minimum Gasteiger partial charge on any atom is -0.380 e. The summed E-state index contributed by atoms with van der Waals surface area (Å²) in [6, 6.07) is 15.3. The van der Waals surface area contributed by atoms with E-state index in [2.05, 4.69) is 101 Å². The van der Waals surface area contributed by atoms with Gasteiger partial charge in [-0.15, -0.1) is 0 Å². The summed E-state index contributed by atoms with van der Waals surface area (Å²) in [7, 11) is 0. The second-order valence-electron chi connectivity index (χ2n) is 8.41. The van der Waals surface area contributed by atoms with Crippen molar-refractivity contribution in [2.75, 3.05) is 5.32 Å². The molecule has 1 aliphatic heterocycles. The van der Waals surface area contributed by atoms with Crippen LogP contribution in [0.1, 0.15) is 76.6 Å². The first-order chi connectivity index (χ1) is 13.3. The molecule has 0 saturated heterocycles. The Bertz CT molecular complexity index is 722. The van der Waals surface area contributed by atoms with Gasteiger partial charge >= 0.3 is 0 Å². The van der Waals surface area contributed by atoms with Gasteiger partial charge in [0, 0.05) is 11.2 Å². The van der Waals surface area contributed by atoms with Crippen molar-refractivity contribution >= 4 is 11.8 Å². The summed E-state index contributed by atoms with van der Waals surface area (Å²) in [5, 5.41) is 3.72. The van der Waals surface area contributed by atoms with Crippen LogP contribution in [0, 0.1) is 19.8 Å². The fraction of sp³-hybridized carbons (Fsp3) is 0.481. The van der Waals surface area contributed by atoms with E-state index in [4.69, 9.17) is 0 Å². The molecule has 0 aromatic heterocycles. The molecular weight excluding hydrogens is 338 g/mol. The van der Waals surface area contributed by atoms with E-state index in [1.807, 2.05) is 13.8 Å². The molecule has 1 unspecified atom stereocenters. The Morgan fingerprint density at radius 3 is 2.21 bits per heavy atom. The molecule has 0 saturated carbocycles. The summed E-state index contributed by atoms with van der Waals surface area (Å²) < 4.78 is 0. The predicted octanol–water partition coefficient (Wildman–Crippen LogP) is 8.21. The first-order valence-electron chi connectivity index (χ1n) is 10.9. The molecule has 28 heavy (non-hydrogen) atoms. The first kappa shape index (κ1) is 24.0. The predicted molar refractivity (Wildman–Crippen MR) is 128 cm³/mol. The van der Waals surface area contributed by atoms with Crippen molar-refractivity contribution in [1.29, 1.82) is 0 Å². The molecule has 1 N–H and O–H groups in total. The molecule has 0 amide bonds. The number of anilines is 1. The highest BCUT2D eigenvalue weighted by molar-refractivity contribution is 5.68. The van der Waals surface area contributed by atoms with Crippen LogP contribution in [0.4, 0.5) is 5.69 Å². The maximum absolute atomic E-state index is 3.72. The second kappa shape index (κ2) is 11.7. The zero-order valence-electron chi connectivity index (χ0n) is 19.4. The highest BCUT2D eigenvalue weighted by Gasteiger charge is 2.24. The van der Waals surface area contributed by atoms with Gasteiger partial charge in [-0.05, 0) is 70.1 Å². The van der Waals surface area contributed by atoms with Crippen molar-refractivity contribution in [3.63, 3.8) is 0 Å². The van der Waals surface area contributed by atoms with Gasteiger partial charge < -0.3 is 5.32 Å². The van der Waals surface area contributed by atoms with Gasteiger partial charge in [0.15, 0.2) is 0 Å². The van der Waals surface area contributed by atoms with E-state index in [0.717, 1.165) is 12.3 Å². The number of benzene rings is 2. The molecule has 1 heteroatoms. The van der Waals surface area contributed by atoms with Crippen LogP contribution in [0.15, 0.2) is 48.5 Å². The number of aryl methyl sites for hydroxylation is 2. The Labute approximate surface area is 174 Å². The van der Waals surface area contributed by atoms with E-state index in [1.54, 1.807) is 0 Å². The van der Waals surface area contributed by atoms with Gasteiger partial charge in [-0.2, -0.15) is 0 Å². The largest absolute Gasteiger partial charge is 0.380 e. The molecule has 1 nitrogen and oxygen atoms in total. The number of rotatable bonds is 2.